The van der Waals surface area contributed by atoms with Gasteiger partial charge in [0, 0.05) is 18.1 Å². The smallest absolute Gasteiger partial charge is 0.339 e. The first-order valence-corrected chi connectivity index (χ1v) is 5.15. The molecule has 0 saturated heterocycles. The highest BCUT2D eigenvalue weighted by atomic mass is 16.5. The molecule has 0 aliphatic rings. The van der Waals surface area contributed by atoms with Gasteiger partial charge in [-0.05, 0) is 30.3 Å². The molecule has 84 valence electrons. The van der Waals surface area contributed by atoms with Gasteiger partial charge in [-0.15, -0.1) is 6.42 Å². The molecule has 3 nitrogen and oxygen atoms in total. The predicted octanol–water partition coefficient (Wildman–Crippen LogP) is 2.27. The molecule has 2 rings (SSSR count). The van der Waals surface area contributed by atoms with Crippen LogP contribution in [0.3, 0.4) is 0 Å². The Morgan fingerprint density at radius 3 is 2.76 bits per heavy atom. The Hall–Kier alpha value is -2.47. The van der Waals surface area contributed by atoms with Crippen molar-refractivity contribution in [3.8, 4) is 18.0 Å². The van der Waals surface area contributed by atoms with Crippen molar-refractivity contribution >= 4 is 5.97 Å². The number of rotatable bonds is 3. The molecule has 0 atom stereocenters. The Morgan fingerprint density at radius 1 is 1.29 bits per heavy atom. The van der Waals surface area contributed by atoms with Crippen LogP contribution in [-0.2, 0) is 4.74 Å². The van der Waals surface area contributed by atoms with Crippen LogP contribution in [0.4, 0.5) is 0 Å². The van der Waals surface area contributed by atoms with Gasteiger partial charge >= 0.3 is 5.97 Å². The number of nitrogens with zero attached hydrogens (tertiary/aromatic N) is 1. The first-order chi connectivity index (χ1) is 8.31. The fourth-order valence-electron chi connectivity index (χ4n) is 1.49. The predicted molar refractivity (Wildman–Crippen MR) is 64.9 cm³/mol. The molecule has 1 heterocycles. The van der Waals surface area contributed by atoms with Gasteiger partial charge in [-0.3, -0.25) is 0 Å². The highest BCUT2D eigenvalue weighted by Crippen LogP contribution is 2.11. The Labute approximate surface area is 99.6 Å². The third-order valence-electron chi connectivity index (χ3n) is 2.27. The van der Waals surface area contributed by atoms with E-state index in [0.717, 1.165) is 5.69 Å². The number of esters is 1. The van der Waals surface area contributed by atoms with Gasteiger partial charge in [0.15, 0.2) is 6.61 Å². The topological polar surface area (TPSA) is 31.2 Å². The summed E-state index contributed by atoms with van der Waals surface area (Å²) in [6.07, 6.45) is 8.85. The molecule has 1 aromatic heterocycles. The second-order valence-electron chi connectivity index (χ2n) is 3.42. The summed E-state index contributed by atoms with van der Waals surface area (Å²) in [5.41, 5.74) is 1.40. The zero-order valence-corrected chi connectivity index (χ0v) is 9.17. The number of terminal acetylenes is 1. The van der Waals surface area contributed by atoms with Crippen LogP contribution >= 0.6 is 0 Å². The van der Waals surface area contributed by atoms with Crippen LogP contribution in [0.15, 0.2) is 48.8 Å². The van der Waals surface area contributed by atoms with Gasteiger partial charge < -0.3 is 9.30 Å². The van der Waals surface area contributed by atoms with E-state index in [1.54, 1.807) is 12.1 Å². The van der Waals surface area contributed by atoms with Gasteiger partial charge in [-0.1, -0.05) is 12.0 Å². The Balaban J connectivity index is 2.23. The number of carbonyl (C=O) groups excluding carboxylic acids is 1. The first-order valence-electron chi connectivity index (χ1n) is 5.15. The monoisotopic (exact) mass is 225 g/mol. The number of benzene rings is 1. The van der Waals surface area contributed by atoms with Gasteiger partial charge in [-0.25, -0.2) is 4.79 Å². The summed E-state index contributed by atoms with van der Waals surface area (Å²) in [4.78, 5) is 11.6. The van der Waals surface area contributed by atoms with E-state index in [1.165, 1.54) is 0 Å². The molecule has 0 N–H and O–H groups in total. The Kier molecular flexibility index (Phi) is 3.27. The van der Waals surface area contributed by atoms with Crippen LogP contribution in [0.1, 0.15) is 10.4 Å². The summed E-state index contributed by atoms with van der Waals surface area (Å²) in [5.74, 6) is 1.86. The molecule has 0 saturated carbocycles. The third kappa shape index (κ3) is 2.56. The third-order valence-corrected chi connectivity index (χ3v) is 2.27. The maximum absolute atomic E-state index is 11.6. The standard InChI is InChI=1S/C14H11NO2/c1-2-10-17-14(16)12-6-5-7-13(11-12)15-8-3-4-9-15/h1,3-9,11H,10H2. The van der Waals surface area contributed by atoms with Crippen LogP contribution in [0, 0.1) is 12.3 Å². The number of hydrogen-bond donors (Lipinski definition) is 0. The number of hydrogen-bond acceptors (Lipinski definition) is 2. The van der Waals surface area contributed by atoms with Crippen LogP contribution in [0.2, 0.25) is 0 Å². The molecule has 0 radical (unpaired) electrons. The molecule has 0 unspecified atom stereocenters. The van der Waals surface area contributed by atoms with Crippen molar-refractivity contribution in [2.45, 2.75) is 0 Å². The summed E-state index contributed by atoms with van der Waals surface area (Å²) in [6, 6.07) is 11.0. The molecule has 1 aromatic carbocycles. The van der Waals surface area contributed by atoms with Crippen molar-refractivity contribution < 1.29 is 9.53 Å². The molecule has 2 aromatic rings. The molecule has 0 aliphatic carbocycles. The summed E-state index contributed by atoms with van der Waals surface area (Å²) in [7, 11) is 0. The lowest BCUT2D eigenvalue weighted by molar-refractivity contribution is 0.0556. The fraction of sp³-hybridized carbons (Fsp3) is 0.0714. The van der Waals surface area contributed by atoms with E-state index < -0.39 is 5.97 Å². The van der Waals surface area contributed by atoms with E-state index >= 15 is 0 Å². The van der Waals surface area contributed by atoms with Crippen molar-refractivity contribution in [2.24, 2.45) is 0 Å². The second kappa shape index (κ2) is 5.04. The molecular formula is C14H11NO2. The van der Waals surface area contributed by atoms with Gasteiger partial charge in [-0.2, -0.15) is 0 Å². The lowest BCUT2D eigenvalue weighted by Gasteiger charge is -2.05. The van der Waals surface area contributed by atoms with Crippen molar-refractivity contribution in [1.29, 1.82) is 0 Å². The average Bonchev–Trinajstić information content (AvgIpc) is 2.90. The quantitative estimate of drug-likeness (QED) is 0.592. The zero-order valence-electron chi connectivity index (χ0n) is 9.17. The van der Waals surface area contributed by atoms with Gasteiger partial charge in [0.1, 0.15) is 0 Å². The first kappa shape index (κ1) is 11.0. The summed E-state index contributed by atoms with van der Waals surface area (Å²) in [6.45, 7) is -0.00736. The lowest BCUT2D eigenvalue weighted by Crippen LogP contribution is -2.05. The summed E-state index contributed by atoms with van der Waals surface area (Å²) in [5, 5.41) is 0. The van der Waals surface area contributed by atoms with Crippen molar-refractivity contribution in [1.82, 2.24) is 4.57 Å². The molecule has 0 aliphatic heterocycles. The minimum absolute atomic E-state index is 0.00736. The lowest BCUT2D eigenvalue weighted by atomic mass is 10.2. The van der Waals surface area contributed by atoms with Crippen LogP contribution < -0.4 is 0 Å². The van der Waals surface area contributed by atoms with Gasteiger partial charge in [0.25, 0.3) is 0 Å². The normalized spacial score (nSPS) is 9.59. The van der Waals surface area contributed by atoms with Crippen molar-refractivity contribution in [3.63, 3.8) is 0 Å². The molecule has 0 bridgehead atoms. The molecule has 0 amide bonds. The Bertz CT molecular complexity index is 550. The van der Waals surface area contributed by atoms with Crippen LogP contribution in [0.5, 0.6) is 0 Å². The number of carbonyl (C=O) groups is 1. The van der Waals surface area contributed by atoms with E-state index in [-0.39, 0.29) is 6.61 Å². The molecule has 17 heavy (non-hydrogen) atoms. The van der Waals surface area contributed by atoms with Crippen LogP contribution in [0.25, 0.3) is 5.69 Å². The van der Waals surface area contributed by atoms with E-state index in [4.69, 9.17) is 11.2 Å². The number of ether oxygens (including phenoxy) is 1. The number of aromatic nitrogens is 1. The van der Waals surface area contributed by atoms with Crippen LogP contribution in [-0.4, -0.2) is 17.1 Å². The molecule has 0 spiro atoms. The zero-order chi connectivity index (χ0) is 12.1. The van der Waals surface area contributed by atoms with E-state index in [0.29, 0.717) is 5.56 Å². The highest BCUT2D eigenvalue weighted by molar-refractivity contribution is 5.90. The van der Waals surface area contributed by atoms with Gasteiger partial charge in [0.05, 0.1) is 5.56 Å². The minimum atomic E-state index is -0.406. The van der Waals surface area contributed by atoms with Gasteiger partial charge in [0.2, 0.25) is 0 Å². The SMILES string of the molecule is C#CCOC(=O)c1cccc(-n2cccc2)c1. The van der Waals surface area contributed by atoms with E-state index in [9.17, 15) is 4.79 Å². The maximum Gasteiger partial charge on any atom is 0.339 e. The average molecular weight is 225 g/mol. The fourth-order valence-corrected chi connectivity index (χ4v) is 1.49. The highest BCUT2D eigenvalue weighted by Gasteiger charge is 2.07. The molecular weight excluding hydrogens is 214 g/mol. The second-order valence-corrected chi connectivity index (χ2v) is 3.42. The largest absolute Gasteiger partial charge is 0.449 e. The minimum Gasteiger partial charge on any atom is -0.449 e. The molecule has 0 fully saturated rings. The maximum atomic E-state index is 11.6. The van der Waals surface area contributed by atoms with Crippen molar-refractivity contribution in [2.75, 3.05) is 6.61 Å². The van der Waals surface area contributed by atoms with E-state index in [2.05, 4.69) is 5.92 Å². The Morgan fingerprint density at radius 2 is 2.06 bits per heavy atom. The van der Waals surface area contributed by atoms with E-state index in [1.807, 2.05) is 41.2 Å². The summed E-state index contributed by atoms with van der Waals surface area (Å²) < 4.78 is 6.78. The molecule has 3 heteroatoms. The van der Waals surface area contributed by atoms with Crippen molar-refractivity contribution in [3.05, 3.63) is 54.4 Å². The summed E-state index contributed by atoms with van der Waals surface area (Å²) >= 11 is 0.